The van der Waals surface area contributed by atoms with E-state index in [0.29, 0.717) is 24.3 Å². The third-order valence-corrected chi connectivity index (χ3v) is 4.12. The van der Waals surface area contributed by atoms with Crippen molar-refractivity contribution < 1.29 is 9.90 Å². The van der Waals surface area contributed by atoms with Crippen LogP contribution in [0, 0.1) is 13.8 Å². The second kappa shape index (κ2) is 6.41. The lowest BCUT2D eigenvalue weighted by Crippen LogP contribution is -2.47. The molecule has 24 heavy (non-hydrogen) atoms. The van der Waals surface area contributed by atoms with Crippen molar-refractivity contribution in [3.8, 4) is 0 Å². The van der Waals surface area contributed by atoms with Gasteiger partial charge in [-0.2, -0.15) is 0 Å². The van der Waals surface area contributed by atoms with Crippen LogP contribution in [0.15, 0.2) is 46.4 Å². The third kappa shape index (κ3) is 3.00. The Bertz CT molecular complexity index is 890. The predicted octanol–water partition coefficient (Wildman–Crippen LogP) is 0.324. The summed E-state index contributed by atoms with van der Waals surface area (Å²) in [6.07, 6.45) is -1.44. The van der Waals surface area contributed by atoms with E-state index in [1.807, 2.05) is 50.2 Å². The van der Waals surface area contributed by atoms with E-state index in [1.54, 1.807) is 4.90 Å². The van der Waals surface area contributed by atoms with Crippen LogP contribution in [0.5, 0.6) is 0 Å². The highest BCUT2D eigenvalue weighted by Gasteiger charge is 2.24. The first-order chi connectivity index (χ1) is 11.5. The molecule has 0 aromatic heterocycles. The van der Waals surface area contributed by atoms with E-state index in [9.17, 15) is 9.90 Å². The lowest BCUT2D eigenvalue weighted by molar-refractivity contribution is -0.126. The van der Waals surface area contributed by atoms with Crippen LogP contribution in [0.1, 0.15) is 16.7 Å². The fraction of sp³-hybridized carbons (Fsp3) is 0.278. The summed E-state index contributed by atoms with van der Waals surface area (Å²) < 4.78 is 0. The van der Waals surface area contributed by atoms with Crippen LogP contribution >= 0.6 is 0 Å². The second-order valence-electron chi connectivity index (χ2n) is 5.95. The zero-order valence-corrected chi connectivity index (χ0v) is 13.7. The van der Waals surface area contributed by atoms with E-state index in [1.165, 1.54) is 0 Å². The topological polar surface area (TPSA) is 91.3 Å². The maximum absolute atomic E-state index is 11.6. The Morgan fingerprint density at radius 3 is 2.50 bits per heavy atom. The van der Waals surface area contributed by atoms with E-state index < -0.39 is 12.1 Å². The molecule has 1 aliphatic rings. The van der Waals surface area contributed by atoms with Gasteiger partial charge in [0.25, 0.3) is 5.91 Å². The third-order valence-electron chi connectivity index (χ3n) is 4.12. The number of primary amides is 1. The highest BCUT2D eigenvalue weighted by Crippen LogP contribution is 2.16. The number of hydrogen-bond donors (Lipinski definition) is 2. The van der Waals surface area contributed by atoms with Gasteiger partial charge in [-0.3, -0.25) is 14.8 Å². The molecule has 1 atom stereocenters. The van der Waals surface area contributed by atoms with Crippen LogP contribution in [0.4, 0.5) is 5.69 Å². The summed E-state index contributed by atoms with van der Waals surface area (Å²) in [6.45, 7) is 4.67. The molecule has 1 unspecified atom stereocenters. The molecule has 0 spiro atoms. The summed E-state index contributed by atoms with van der Waals surface area (Å²) in [7, 11) is 0. The lowest BCUT2D eigenvalue weighted by Gasteiger charge is -2.28. The average molecular weight is 324 g/mol. The van der Waals surface area contributed by atoms with Crippen LogP contribution in [-0.2, 0) is 11.3 Å². The summed E-state index contributed by atoms with van der Waals surface area (Å²) in [5.74, 6) is -0.800. The Labute approximate surface area is 140 Å². The molecule has 0 fully saturated rings. The van der Waals surface area contributed by atoms with Gasteiger partial charge in [-0.15, -0.1) is 0 Å². The van der Waals surface area contributed by atoms with Crippen molar-refractivity contribution in [3.63, 3.8) is 0 Å². The Hall–Kier alpha value is -2.73. The highest BCUT2D eigenvalue weighted by atomic mass is 16.3. The molecular formula is C18H20N4O2. The van der Waals surface area contributed by atoms with Crippen LogP contribution in [-0.4, -0.2) is 23.9 Å². The van der Waals surface area contributed by atoms with Gasteiger partial charge in [0.2, 0.25) is 6.23 Å². The van der Waals surface area contributed by atoms with Crippen LogP contribution in [0.2, 0.25) is 0 Å². The van der Waals surface area contributed by atoms with Crippen molar-refractivity contribution in [2.24, 2.45) is 15.7 Å². The number of nitrogens with zero attached hydrogens (tertiary/aromatic N) is 3. The number of nitrogens with two attached hydrogens (primary N) is 1. The quantitative estimate of drug-likeness (QED) is 0.776. The van der Waals surface area contributed by atoms with Crippen molar-refractivity contribution in [3.05, 3.63) is 63.8 Å². The molecule has 1 amide bonds. The van der Waals surface area contributed by atoms with Gasteiger partial charge in [-0.25, -0.2) is 0 Å². The van der Waals surface area contributed by atoms with Crippen molar-refractivity contribution >= 4 is 11.6 Å². The standard InChI is InChI=1S/C18H20N4O2/c1-11-3-6-13(7-4-11)9-22(18(24)17(19)23)14-8-5-12(2)15-16(14)21-10-20-15/h3-8,18,24H,9-10H2,1-2H3,(H2,19,23). The number of anilines is 1. The first-order valence-electron chi connectivity index (χ1n) is 7.75. The average Bonchev–Trinajstić information content (AvgIpc) is 3.05. The zero-order valence-electron chi connectivity index (χ0n) is 13.7. The van der Waals surface area contributed by atoms with Crippen molar-refractivity contribution in [2.45, 2.75) is 26.6 Å². The molecule has 1 aliphatic heterocycles. The first kappa shape index (κ1) is 16.1. The van der Waals surface area contributed by atoms with Gasteiger partial charge in [0.05, 0.1) is 11.0 Å². The van der Waals surface area contributed by atoms with Gasteiger partial charge in [0, 0.05) is 6.54 Å². The Balaban J connectivity index is 2.07. The summed E-state index contributed by atoms with van der Waals surface area (Å²) in [5, 5.41) is 11.8. The monoisotopic (exact) mass is 324 g/mol. The lowest BCUT2D eigenvalue weighted by atomic mass is 10.1. The van der Waals surface area contributed by atoms with Gasteiger partial charge in [-0.1, -0.05) is 35.9 Å². The summed E-state index contributed by atoms with van der Waals surface area (Å²) >= 11 is 0. The van der Waals surface area contributed by atoms with E-state index in [2.05, 4.69) is 9.98 Å². The molecule has 6 heteroatoms. The van der Waals surface area contributed by atoms with Gasteiger partial charge in [-0.05, 0) is 31.0 Å². The molecule has 0 saturated heterocycles. The molecule has 3 N–H and O–H groups in total. The first-order valence-corrected chi connectivity index (χ1v) is 7.75. The fourth-order valence-corrected chi connectivity index (χ4v) is 2.78. The van der Waals surface area contributed by atoms with Crippen molar-refractivity contribution in [2.75, 3.05) is 11.6 Å². The smallest absolute Gasteiger partial charge is 0.267 e. The summed E-state index contributed by atoms with van der Waals surface area (Å²) in [4.78, 5) is 21.9. The number of benzene rings is 2. The van der Waals surface area contributed by atoms with Gasteiger partial charge in [0.15, 0.2) is 0 Å². The van der Waals surface area contributed by atoms with Crippen LogP contribution in [0.25, 0.3) is 0 Å². The predicted molar refractivity (Wildman–Crippen MR) is 90.9 cm³/mol. The van der Waals surface area contributed by atoms with Crippen molar-refractivity contribution in [1.29, 1.82) is 0 Å². The molecule has 0 radical (unpaired) electrons. The Kier molecular flexibility index (Phi) is 4.31. The Morgan fingerprint density at radius 1 is 1.17 bits per heavy atom. The number of aliphatic hydroxyl groups excluding tert-OH is 1. The second-order valence-corrected chi connectivity index (χ2v) is 5.95. The molecule has 124 valence electrons. The van der Waals surface area contributed by atoms with Crippen LogP contribution < -0.4 is 21.3 Å². The number of aliphatic hydroxyl groups is 1. The van der Waals surface area contributed by atoms with E-state index in [0.717, 1.165) is 22.0 Å². The van der Waals surface area contributed by atoms with Crippen LogP contribution in [0.3, 0.4) is 0 Å². The normalized spacial score (nSPS) is 13.6. The molecule has 2 aromatic carbocycles. The van der Waals surface area contributed by atoms with E-state index in [-0.39, 0.29) is 0 Å². The number of hydrogen-bond acceptors (Lipinski definition) is 5. The van der Waals surface area contributed by atoms with Crippen molar-refractivity contribution in [1.82, 2.24) is 0 Å². The van der Waals surface area contributed by atoms with Gasteiger partial charge >= 0.3 is 0 Å². The molecule has 1 heterocycles. The molecule has 0 aliphatic carbocycles. The fourth-order valence-electron chi connectivity index (χ4n) is 2.78. The number of rotatable bonds is 5. The van der Waals surface area contributed by atoms with E-state index in [4.69, 9.17) is 5.73 Å². The molecule has 6 nitrogen and oxygen atoms in total. The molecule has 0 saturated carbocycles. The Morgan fingerprint density at radius 2 is 1.83 bits per heavy atom. The van der Waals surface area contributed by atoms with Gasteiger partial charge in [0.1, 0.15) is 12.0 Å². The minimum absolute atomic E-state index is 0.343. The molecular weight excluding hydrogens is 304 g/mol. The molecule has 2 aromatic rings. The summed E-state index contributed by atoms with van der Waals surface area (Å²) in [5.41, 5.74) is 9.12. The zero-order chi connectivity index (χ0) is 17.3. The number of carbonyl (C=O) groups is 1. The number of fused-ring (bicyclic) bond motifs is 1. The van der Waals surface area contributed by atoms with E-state index >= 15 is 0 Å². The largest absolute Gasteiger partial charge is 0.366 e. The number of aryl methyl sites for hydroxylation is 2. The SMILES string of the molecule is Cc1ccc(CN(c2ccc(C)c3c2=NCN=3)C(O)C(N)=O)cc1. The minimum Gasteiger partial charge on any atom is -0.366 e. The van der Waals surface area contributed by atoms with Gasteiger partial charge < -0.3 is 15.7 Å². The minimum atomic E-state index is -1.44. The molecule has 0 bridgehead atoms. The number of carbonyl (C=O) groups excluding carboxylic acids is 1. The highest BCUT2D eigenvalue weighted by molar-refractivity contribution is 5.81. The maximum atomic E-state index is 11.6. The molecule has 3 rings (SSSR count). The summed E-state index contributed by atoms with van der Waals surface area (Å²) in [6, 6.07) is 11.7. The number of amides is 1. The maximum Gasteiger partial charge on any atom is 0.267 e.